The van der Waals surface area contributed by atoms with Gasteiger partial charge in [0.15, 0.2) is 5.78 Å². The minimum atomic E-state index is -0.519. The molecule has 0 fully saturated rings. The Morgan fingerprint density at radius 2 is 2.04 bits per heavy atom. The van der Waals surface area contributed by atoms with Crippen molar-refractivity contribution in [1.29, 1.82) is 0 Å². The van der Waals surface area contributed by atoms with Gasteiger partial charge in [0.05, 0.1) is 13.2 Å². The number of esters is 1. The zero-order valence-corrected chi connectivity index (χ0v) is 13.5. The second kappa shape index (κ2) is 6.66. The molecule has 0 aliphatic carbocycles. The van der Waals surface area contributed by atoms with Crippen LogP contribution < -0.4 is 0 Å². The highest BCUT2D eigenvalue weighted by atomic mass is 16.5. The van der Waals surface area contributed by atoms with E-state index in [1.165, 1.54) is 0 Å². The number of aryl methyl sites for hydroxylation is 1. The van der Waals surface area contributed by atoms with Crippen molar-refractivity contribution in [2.45, 2.75) is 26.8 Å². The molecular weight excluding hydrogens is 310 g/mol. The van der Waals surface area contributed by atoms with E-state index < -0.39 is 5.97 Å². The Labute approximate surface area is 138 Å². The molecule has 1 aromatic carbocycles. The smallest absolute Gasteiger partial charge is 0.313 e. The van der Waals surface area contributed by atoms with Gasteiger partial charge < -0.3 is 13.7 Å². The van der Waals surface area contributed by atoms with Crippen molar-refractivity contribution < 1.29 is 18.7 Å². The van der Waals surface area contributed by atoms with E-state index >= 15 is 0 Å². The molecule has 3 rings (SSSR count). The van der Waals surface area contributed by atoms with Crippen LogP contribution in [0.15, 0.2) is 34.7 Å². The standard InChI is InChI=1S/C17H17N3O4/c1-3-23-16(22)9-13(21)10-20-14-7-5-4-6-12(14)8-15(20)17-19-18-11(2)24-17/h4-8H,3,9-10H2,1-2H3. The molecule has 0 radical (unpaired) electrons. The Kier molecular flexibility index (Phi) is 4.41. The van der Waals surface area contributed by atoms with E-state index in [9.17, 15) is 9.59 Å². The van der Waals surface area contributed by atoms with Crippen molar-refractivity contribution in [1.82, 2.24) is 14.8 Å². The number of hydrogen-bond donors (Lipinski definition) is 0. The van der Waals surface area contributed by atoms with Gasteiger partial charge in [0, 0.05) is 17.8 Å². The molecule has 0 bridgehead atoms. The number of carbonyl (C=O) groups is 2. The monoisotopic (exact) mass is 327 g/mol. The number of fused-ring (bicyclic) bond motifs is 1. The molecule has 0 saturated heterocycles. The summed E-state index contributed by atoms with van der Waals surface area (Å²) in [6.45, 7) is 3.70. The van der Waals surface area contributed by atoms with Gasteiger partial charge in [-0.1, -0.05) is 18.2 Å². The van der Waals surface area contributed by atoms with Crippen LogP contribution in [0.1, 0.15) is 19.2 Å². The molecule has 0 saturated carbocycles. The Hall–Kier alpha value is -2.96. The third kappa shape index (κ3) is 3.19. The molecule has 7 nitrogen and oxygen atoms in total. The highest BCUT2D eigenvalue weighted by molar-refractivity contribution is 5.97. The molecule has 3 aromatic rings. The summed E-state index contributed by atoms with van der Waals surface area (Å²) in [5.74, 6) is 0.0220. The van der Waals surface area contributed by atoms with Crippen LogP contribution in [0.25, 0.3) is 22.5 Å². The van der Waals surface area contributed by atoms with E-state index in [4.69, 9.17) is 9.15 Å². The lowest BCUT2D eigenvalue weighted by Crippen LogP contribution is -2.16. The number of hydrogen-bond acceptors (Lipinski definition) is 6. The number of aromatic nitrogens is 3. The second-order valence-corrected chi connectivity index (χ2v) is 5.32. The normalized spacial score (nSPS) is 10.9. The average Bonchev–Trinajstić information content (AvgIpc) is 3.12. The third-order valence-corrected chi connectivity index (χ3v) is 3.54. The fourth-order valence-corrected chi connectivity index (χ4v) is 2.56. The summed E-state index contributed by atoms with van der Waals surface area (Å²) in [5.41, 5.74) is 1.51. The molecule has 0 aliphatic rings. The first-order valence-corrected chi connectivity index (χ1v) is 7.64. The SMILES string of the molecule is CCOC(=O)CC(=O)Cn1c(-c2nnc(C)o2)cc2ccccc21. The van der Waals surface area contributed by atoms with Gasteiger partial charge in [-0.15, -0.1) is 10.2 Å². The van der Waals surface area contributed by atoms with Gasteiger partial charge >= 0.3 is 5.97 Å². The van der Waals surface area contributed by atoms with Crippen LogP contribution >= 0.6 is 0 Å². The maximum atomic E-state index is 12.2. The molecule has 2 heterocycles. The Morgan fingerprint density at radius 1 is 1.25 bits per heavy atom. The number of para-hydroxylation sites is 1. The predicted octanol–water partition coefficient (Wildman–Crippen LogP) is 2.52. The van der Waals surface area contributed by atoms with Crippen molar-refractivity contribution in [3.63, 3.8) is 0 Å². The van der Waals surface area contributed by atoms with Gasteiger partial charge in [-0.05, 0) is 19.1 Å². The molecule has 124 valence electrons. The molecule has 0 unspecified atom stereocenters. The van der Waals surface area contributed by atoms with Gasteiger partial charge in [0.1, 0.15) is 12.1 Å². The summed E-state index contributed by atoms with van der Waals surface area (Å²) in [5, 5.41) is 8.82. The average molecular weight is 327 g/mol. The molecular formula is C17H17N3O4. The van der Waals surface area contributed by atoms with Crippen LogP contribution in [0.3, 0.4) is 0 Å². The maximum absolute atomic E-state index is 12.2. The Balaban J connectivity index is 1.96. The predicted molar refractivity (Wildman–Crippen MR) is 86.2 cm³/mol. The van der Waals surface area contributed by atoms with Gasteiger partial charge in [-0.3, -0.25) is 9.59 Å². The number of carbonyl (C=O) groups excluding carboxylic acids is 2. The number of ketones is 1. The van der Waals surface area contributed by atoms with Gasteiger partial charge in [-0.2, -0.15) is 0 Å². The van der Waals surface area contributed by atoms with Gasteiger partial charge in [0.2, 0.25) is 5.89 Å². The van der Waals surface area contributed by atoms with Crippen molar-refractivity contribution in [2.24, 2.45) is 0 Å². The highest BCUT2D eigenvalue weighted by Gasteiger charge is 2.19. The van der Waals surface area contributed by atoms with E-state index in [1.54, 1.807) is 18.4 Å². The molecule has 0 N–H and O–H groups in total. The molecule has 0 atom stereocenters. The van der Waals surface area contributed by atoms with Crippen molar-refractivity contribution in [3.8, 4) is 11.6 Å². The number of ether oxygens (including phenoxy) is 1. The molecule has 0 amide bonds. The van der Waals surface area contributed by atoms with Crippen molar-refractivity contribution in [3.05, 3.63) is 36.2 Å². The lowest BCUT2D eigenvalue weighted by atomic mass is 10.2. The van der Waals surface area contributed by atoms with Crippen LogP contribution in [0.5, 0.6) is 0 Å². The van der Waals surface area contributed by atoms with Crippen LogP contribution in [0.2, 0.25) is 0 Å². The lowest BCUT2D eigenvalue weighted by Gasteiger charge is -2.08. The largest absolute Gasteiger partial charge is 0.466 e. The molecule has 7 heteroatoms. The molecule has 24 heavy (non-hydrogen) atoms. The van der Waals surface area contributed by atoms with E-state index in [-0.39, 0.29) is 25.4 Å². The summed E-state index contributed by atoms with van der Waals surface area (Å²) in [7, 11) is 0. The summed E-state index contributed by atoms with van der Waals surface area (Å²) >= 11 is 0. The van der Waals surface area contributed by atoms with E-state index in [0.29, 0.717) is 17.5 Å². The van der Waals surface area contributed by atoms with Crippen LogP contribution in [0.4, 0.5) is 0 Å². The molecule has 0 spiro atoms. The quantitative estimate of drug-likeness (QED) is 0.511. The van der Waals surface area contributed by atoms with Crippen molar-refractivity contribution in [2.75, 3.05) is 6.61 Å². The van der Waals surface area contributed by atoms with E-state index in [0.717, 1.165) is 10.9 Å². The second-order valence-electron chi connectivity index (χ2n) is 5.32. The number of nitrogens with zero attached hydrogens (tertiary/aromatic N) is 3. The highest BCUT2D eigenvalue weighted by Crippen LogP contribution is 2.27. The summed E-state index contributed by atoms with van der Waals surface area (Å²) < 4.78 is 12.1. The summed E-state index contributed by atoms with van der Waals surface area (Å²) in [6, 6.07) is 9.53. The van der Waals surface area contributed by atoms with Crippen molar-refractivity contribution >= 4 is 22.7 Å². The van der Waals surface area contributed by atoms with Crippen LogP contribution in [-0.4, -0.2) is 33.1 Å². The van der Waals surface area contributed by atoms with Crippen LogP contribution in [0, 0.1) is 6.92 Å². The number of benzene rings is 1. The first-order chi connectivity index (χ1) is 11.6. The molecule has 2 aromatic heterocycles. The van der Waals surface area contributed by atoms with Gasteiger partial charge in [0.25, 0.3) is 5.89 Å². The number of Topliss-reactive ketones (excluding diaryl/α,β-unsaturated/α-hetero) is 1. The Morgan fingerprint density at radius 3 is 2.75 bits per heavy atom. The zero-order valence-electron chi connectivity index (χ0n) is 13.5. The fourth-order valence-electron chi connectivity index (χ4n) is 2.56. The summed E-state index contributed by atoms with van der Waals surface area (Å²) in [4.78, 5) is 23.8. The maximum Gasteiger partial charge on any atom is 0.313 e. The minimum absolute atomic E-state index is 0.0308. The Bertz CT molecular complexity index is 894. The minimum Gasteiger partial charge on any atom is -0.466 e. The van der Waals surface area contributed by atoms with Gasteiger partial charge in [-0.25, -0.2) is 0 Å². The fraction of sp³-hybridized carbons (Fsp3) is 0.294. The molecule has 0 aliphatic heterocycles. The zero-order chi connectivity index (χ0) is 17.1. The van der Waals surface area contributed by atoms with E-state index in [1.807, 2.05) is 30.3 Å². The summed E-state index contributed by atoms with van der Waals surface area (Å²) in [6.07, 6.45) is -0.261. The third-order valence-electron chi connectivity index (χ3n) is 3.54. The number of rotatable bonds is 6. The van der Waals surface area contributed by atoms with E-state index in [2.05, 4.69) is 10.2 Å². The first-order valence-electron chi connectivity index (χ1n) is 7.64. The van der Waals surface area contributed by atoms with Crippen LogP contribution in [-0.2, 0) is 20.9 Å². The first kappa shape index (κ1) is 15.9. The lowest BCUT2D eigenvalue weighted by molar-refractivity contribution is -0.145. The topological polar surface area (TPSA) is 87.2 Å².